The molecule has 0 aliphatic carbocycles. The summed E-state index contributed by atoms with van der Waals surface area (Å²) in [6.07, 6.45) is 0. The smallest absolute Gasteiger partial charge is 0.183 e. The number of hydrogen-bond acceptors (Lipinski definition) is 6. The van der Waals surface area contributed by atoms with Crippen molar-refractivity contribution in [2.75, 3.05) is 23.3 Å². The molecule has 0 saturated carbocycles. The van der Waals surface area contributed by atoms with Gasteiger partial charge >= 0.3 is 0 Å². The van der Waals surface area contributed by atoms with Crippen LogP contribution in [0.1, 0.15) is 37.4 Å². The monoisotopic (exact) mass is 330 g/mol. The van der Waals surface area contributed by atoms with Crippen LogP contribution in [0.5, 0.6) is 0 Å². The van der Waals surface area contributed by atoms with Crippen molar-refractivity contribution in [3.05, 3.63) is 17.0 Å². The number of anilines is 2. The van der Waals surface area contributed by atoms with Gasteiger partial charge in [0, 0.05) is 12.5 Å². The summed E-state index contributed by atoms with van der Waals surface area (Å²) in [4.78, 5) is 12.5. The van der Waals surface area contributed by atoms with Gasteiger partial charge in [-0.2, -0.15) is 0 Å². The van der Waals surface area contributed by atoms with E-state index >= 15 is 0 Å². The maximum Gasteiger partial charge on any atom is 0.183 e. The maximum atomic E-state index is 12.2. The second kappa shape index (κ2) is 6.62. The van der Waals surface area contributed by atoms with Crippen LogP contribution in [0.15, 0.2) is 17.0 Å². The Bertz CT molecular complexity index is 658. The number of nitrogens with one attached hydrogen (secondary N) is 1. The summed E-state index contributed by atoms with van der Waals surface area (Å²) in [6, 6.07) is 0. The van der Waals surface area contributed by atoms with E-state index in [-0.39, 0.29) is 28.0 Å². The highest BCUT2D eigenvalue weighted by molar-refractivity contribution is 7.92. The molecule has 1 aromatic heterocycles. The first kappa shape index (κ1) is 17.7. The van der Waals surface area contributed by atoms with Gasteiger partial charge in [-0.05, 0) is 6.92 Å². The van der Waals surface area contributed by atoms with E-state index in [1.165, 1.54) is 0 Å². The number of Topliss-reactive ketones (excluding diaryl/α,β-unsaturated/α-hetero) is 1. The second-order valence-corrected chi connectivity index (χ2v) is 8.47. The van der Waals surface area contributed by atoms with Gasteiger partial charge in [0.05, 0.1) is 16.3 Å². The van der Waals surface area contributed by atoms with E-state index in [0.29, 0.717) is 16.4 Å². The number of rotatable bonds is 7. The average molecular weight is 330 g/mol. The Balaban J connectivity index is 3.44. The Morgan fingerprint density at radius 2 is 2.00 bits per heavy atom. The van der Waals surface area contributed by atoms with Gasteiger partial charge < -0.3 is 11.1 Å². The fourth-order valence-corrected chi connectivity index (χ4v) is 4.43. The molecular formula is C14H22N2O3S2. The summed E-state index contributed by atoms with van der Waals surface area (Å²) in [5, 5.41) is 3.43. The zero-order valence-corrected chi connectivity index (χ0v) is 14.5. The van der Waals surface area contributed by atoms with Crippen molar-refractivity contribution in [3.8, 4) is 0 Å². The number of thiophene rings is 1. The lowest BCUT2D eigenvalue weighted by atomic mass is 10.1. The van der Waals surface area contributed by atoms with Gasteiger partial charge in [-0.25, -0.2) is 8.42 Å². The topological polar surface area (TPSA) is 89.3 Å². The van der Waals surface area contributed by atoms with E-state index < -0.39 is 9.84 Å². The van der Waals surface area contributed by atoms with Gasteiger partial charge in [-0.1, -0.05) is 32.9 Å². The largest absolute Gasteiger partial charge is 0.396 e. The fraction of sp³-hybridized carbons (Fsp3) is 0.500. The van der Waals surface area contributed by atoms with Crippen molar-refractivity contribution < 1.29 is 13.2 Å². The highest BCUT2D eigenvalue weighted by Crippen LogP contribution is 2.40. The molecule has 5 nitrogen and oxygen atoms in total. The Labute approximate surface area is 130 Å². The summed E-state index contributed by atoms with van der Waals surface area (Å²) in [6.45, 7) is 11.1. The van der Waals surface area contributed by atoms with E-state index in [1.807, 2.05) is 6.92 Å². The van der Waals surface area contributed by atoms with Crippen LogP contribution in [0.2, 0.25) is 0 Å². The molecule has 0 atom stereocenters. The van der Waals surface area contributed by atoms with Crippen LogP contribution in [0.4, 0.5) is 10.7 Å². The third-order valence-electron chi connectivity index (χ3n) is 2.89. The molecule has 1 aromatic rings. The Morgan fingerprint density at radius 1 is 1.43 bits per heavy atom. The summed E-state index contributed by atoms with van der Waals surface area (Å²) in [5.74, 6) is -0.448. The zero-order chi connectivity index (χ0) is 16.4. The van der Waals surface area contributed by atoms with Crippen LogP contribution in [-0.4, -0.2) is 26.5 Å². The standard InChI is InChI=1S/C14H22N2O3S2/c1-6-21(18,19)13-10(15)12(11(17)9(4)5)20-14(13)16-7-8(2)3/h9,16H,2,6-7,15H2,1,3-5H3. The van der Waals surface area contributed by atoms with E-state index in [0.717, 1.165) is 16.9 Å². The number of carbonyl (C=O) groups is 1. The first-order valence-corrected chi connectivity index (χ1v) is 9.16. The Kier molecular flexibility index (Phi) is 5.58. The van der Waals surface area contributed by atoms with Crippen LogP contribution in [-0.2, 0) is 9.84 Å². The first-order valence-electron chi connectivity index (χ1n) is 6.69. The molecule has 0 saturated heterocycles. The molecule has 0 bridgehead atoms. The van der Waals surface area contributed by atoms with Crippen molar-refractivity contribution in [1.29, 1.82) is 0 Å². The average Bonchev–Trinajstić information content (AvgIpc) is 2.72. The normalized spacial score (nSPS) is 11.7. The van der Waals surface area contributed by atoms with E-state index in [2.05, 4.69) is 11.9 Å². The third kappa shape index (κ3) is 3.85. The molecule has 118 valence electrons. The molecule has 0 radical (unpaired) electrons. The molecule has 21 heavy (non-hydrogen) atoms. The zero-order valence-electron chi connectivity index (χ0n) is 12.8. The van der Waals surface area contributed by atoms with Crippen LogP contribution < -0.4 is 11.1 Å². The molecule has 0 aromatic carbocycles. The lowest BCUT2D eigenvalue weighted by Crippen LogP contribution is -2.12. The van der Waals surface area contributed by atoms with Crippen LogP contribution in [0.25, 0.3) is 0 Å². The number of hydrogen-bond donors (Lipinski definition) is 2. The van der Waals surface area contributed by atoms with Crippen LogP contribution in [0.3, 0.4) is 0 Å². The number of nitrogens with two attached hydrogens (primary N) is 1. The van der Waals surface area contributed by atoms with Gasteiger partial charge in [0.2, 0.25) is 0 Å². The van der Waals surface area contributed by atoms with E-state index in [4.69, 9.17) is 5.73 Å². The molecule has 0 spiro atoms. The molecule has 3 N–H and O–H groups in total. The summed E-state index contributed by atoms with van der Waals surface area (Å²) in [7, 11) is -3.50. The number of sulfone groups is 1. The molecule has 7 heteroatoms. The van der Waals surface area contributed by atoms with Gasteiger partial charge in [-0.15, -0.1) is 11.3 Å². The minimum absolute atomic E-state index is 0.0419. The highest BCUT2D eigenvalue weighted by Gasteiger charge is 2.29. The predicted octanol–water partition coefficient (Wildman–Crippen LogP) is 2.95. The summed E-state index contributed by atoms with van der Waals surface area (Å²) >= 11 is 1.10. The fourth-order valence-electron chi connectivity index (χ4n) is 1.67. The van der Waals surface area contributed by atoms with Crippen molar-refractivity contribution >= 4 is 37.6 Å². The number of ketones is 1. The van der Waals surface area contributed by atoms with E-state index in [9.17, 15) is 13.2 Å². The molecular weight excluding hydrogens is 308 g/mol. The molecule has 0 aliphatic rings. The van der Waals surface area contributed by atoms with Crippen molar-refractivity contribution in [2.45, 2.75) is 32.6 Å². The van der Waals surface area contributed by atoms with Crippen LogP contribution >= 0.6 is 11.3 Å². The first-order chi connectivity index (χ1) is 9.61. The summed E-state index contributed by atoms with van der Waals surface area (Å²) < 4.78 is 24.5. The van der Waals surface area contributed by atoms with Gasteiger partial charge in [0.25, 0.3) is 0 Å². The van der Waals surface area contributed by atoms with Crippen LogP contribution in [0, 0.1) is 5.92 Å². The maximum absolute atomic E-state index is 12.2. The minimum Gasteiger partial charge on any atom is -0.396 e. The second-order valence-electron chi connectivity index (χ2n) is 5.24. The lowest BCUT2D eigenvalue weighted by Gasteiger charge is -2.07. The Hall–Kier alpha value is -1.34. The van der Waals surface area contributed by atoms with Crippen molar-refractivity contribution in [1.82, 2.24) is 0 Å². The minimum atomic E-state index is -3.50. The molecule has 0 amide bonds. The van der Waals surface area contributed by atoms with Gasteiger partial charge in [-0.3, -0.25) is 4.79 Å². The van der Waals surface area contributed by atoms with Crippen molar-refractivity contribution in [3.63, 3.8) is 0 Å². The van der Waals surface area contributed by atoms with Crippen molar-refractivity contribution in [2.24, 2.45) is 5.92 Å². The number of nitrogen functional groups attached to an aromatic ring is 1. The Morgan fingerprint density at radius 3 is 2.43 bits per heavy atom. The van der Waals surface area contributed by atoms with E-state index in [1.54, 1.807) is 20.8 Å². The molecule has 0 unspecified atom stereocenters. The molecule has 0 fully saturated rings. The molecule has 0 aliphatic heterocycles. The summed E-state index contributed by atoms with van der Waals surface area (Å²) in [5.41, 5.74) is 6.88. The SMILES string of the molecule is C=C(C)CNc1sc(C(=O)C(C)C)c(N)c1S(=O)(=O)CC. The molecule has 1 rings (SSSR count). The third-order valence-corrected chi connectivity index (χ3v) is 6.00. The quantitative estimate of drug-likeness (QED) is 0.592. The lowest BCUT2D eigenvalue weighted by molar-refractivity contribution is 0.0944. The predicted molar refractivity (Wildman–Crippen MR) is 88.9 cm³/mol. The number of carbonyl (C=O) groups excluding carboxylic acids is 1. The van der Waals surface area contributed by atoms with Gasteiger partial charge in [0.1, 0.15) is 9.90 Å². The highest BCUT2D eigenvalue weighted by atomic mass is 32.2. The van der Waals surface area contributed by atoms with Gasteiger partial charge in [0.15, 0.2) is 15.6 Å². The molecule has 1 heterocycles.